The molecule has 1 amide bonds. The molecule has 2 aromatic carbocycles. The quantitative estimate of drug-likeness (QED) is 0.403. The average molecular weight is 450 g/mol. The van der Waals surface area contributed by atoms with Crippen molar-refractivity contribution in [2.24, 2.45) is 0 Å². The van der Waals surface area contributed by atoms with Crippen molar-refractivity contribution in [1.82, 2.24) is 19.7 Å². The maximum Gasteiger partial charge on any atom is 0.234 e. The van der Waals surface area contributed by atoms with Gasteiger partial charge in [0.2, 0.25) is 5.91 Å². The molecule has 0 aliphatic heterocycles. The van der Waals surface area contributed by atoms with Crippen LogP contribution >= 0.6 is 23.4 Å². The molecule has 8 heteroatoms. The number of aryl methyl sites for hydroxylation is 2. The zero-order chi connectivity index (χ0) is 21.8. The van der Waals surface area contributed by atoms with Gasteiger partial charge in [-0.25, -0.2) is 0 Å². The molecule has 4 aromatic rings. The van der Waals surface area contributed by atoms with Crippen LogP contribution in [0.3, 0.4) is 0 Å². The Kier molecular flexibility index (Phi) is 6.34. The zero-order valence-corrected chi connectivity index (χ0v) is 18.6. The predicted molar refractivity (Wildman–Crippen MR) is 125 cm³/mol. The van der Waals surface area contributed by atoms with E-state index in [0.717, 1.165) is 28.1 Å². The summed E-state index contributed by atoms with van der Waals surface area (Å²) in [6, 6.07) is 17.1. The number of aromatic nitrogens is 4. The topological polar surface area (TPSA) is 72.7 Å². The summed E-state index contributed by atoms with van der Waals surface area (Å²) in [6.45, 7) is 4.00. The molecule has 4 rings (SSSR count). The van der Waals surface area contributed by atoms with Crippen LogP contribution in [0, 0.1) is 13.8 Å². The lowest BCUT2D eigenvalue weighted by atomic mass is 10.1. The number of nitrogens with zero attached hydrogens (tertiary/aromatic N) is 4. The number of halogens is 1. The molecule has 0 fully saturated rings. The molecule has 156 valence electrons. The number of carbonyl (C=O) groups is 1. The van der Waals surface area contributed by atoms with Gasteiger partial charge in [0.05, 0.1) is 11.4 Å². The Morgan fingerprint density at radius 2 is 1.97 bits per heavy atom. The van der Waals surface area contributed by atoms with Gasteiger partial charge in [-0.15, -0.1) is 10.2 Å². The lowest BCUT2D eigenvalue weighted by Crippen LogP contribution is -2.15. The van der Waals surface area contributed by atoms with E-state index in [1.54, 1.807) is 12.4 Å². The smallest absolute Gasteiger partial charge is 0.234 e. The fourth-order valence-electron chi connectivity index (χ4n) is 3.16. The highest BCUT2D eigenvalue weighted by molar-refractivity contribution is 7.99. The number of carbonyl (C=O) groups excluding carboxylic acids is 1. The van der Waals surface area contributed by atoms with Gasteiger partial charge in [-0.1, -0.05) is 47.1 Å². The van der Waals surface area contributed by atoms with E-state index in [0.29, 0.717) is 16.0 Å². The van der Waals surface area contributed by atoms with Gasteiger partial charge in [0.15, 0.2) is 11.0 Å². The predicted octanol–water partition coefficient (Wildman–Crippen LogP) is 5.33. The average Bonchev–Trinajstić information content (AvgIpc) is 3.19. The van der Waals surface area contributed by atoms with Crippen LogP contribution in [-0.2, 0) is 4.79 Å². The van der Waals surface area contributed by atoms with Gasteiger partial charge in [-0.3, -0.25) is 14.3 Å². The Bertz CT molecular complexity index is 1230. The first-order valence-corrected chi connectivity index (χ1v) is 11.0. The van der Waals surface area contributed by atoms with E-state index in [1.165, 1.54) is 11.8 Å². The monoisotopic (exact) mass is 449 g/mol. The maximum absolute atomic E-state index is 12.6. The van der Waals surface area contributed by atoms with Crippen molar-refractivity contribution in [3.05, 3.63) is 83.1 Å². The van der Waals surface area contributed by atoms with E-state index >= 15 is 0 Å². The van der Waals surface area contributed by atoms with Gasteiger partial charge >= 0.3 is 0 Å². The highest BCUT2D eigenvalue weighted by Crippen LogP contribution is 2.29. The van der Waals surface area contributed by atoms with Crippen LogP contribution in [0.15, 0.2) is 72.1 Å². The third-order valence-corrected chi connectivity index (χ3v) is 5.77. The first kappa shape index (κ1) is 21.1. The second-order valence-corrected chi connectivity index (χ2v) is 8.40. The fraction of sp³-hybridized carbons (Fsp3) is 0.130. The van der Waals surface area contributed by atoms with E-state index in [2.05, 4.69) is 20.5 Å². The summed E-state index contributed by atoms with van der Waals surface area (Å²) in [4.78, 5) is 16.8. The number of nitrogens with one attached hydrogen (secondary N) is 1. The van der Waals surface area contributed by atoms with E-state index in [9.17, 15) is 4.79 Å². The number of rotatable bonds is 6. The van der Waals surface area contributed by atoms with E-state index in [1.807, 2.05) is 73.0 Å². The lowest BCUT2D eigenvalue weighted by molar-refractivity contribution is -0.113. The Morgan fingerprint density at radius 3 is 2.71 bits per heavy atom. The van der Waals surface area contributed by atoms with Crippen LogP contribution in [-0.4, -0.2) is 31.4 Å². The summed E-state index contributed by atoms with van der Waals surface area (Å²) in [5, 5.41) is 12.9. The van der Waals surface area contributed by atoms with Crippen LogP contribution < -0.4 is 5.32 Å². The summed E-state index contributed by atoms with van der Waals surface area (Å²) >= 11 is 7.53. The molecular weight excluding hydrogens is 430 g/mol. The molecule has 0 saturated heterocycles. The second kappa shape index (κ2) is 9.32. The molecule has 6 nitrogen and oxygen atoms in total. The lowest BCUT2D eigenvalue weighted by Gasteiger charge is -2.11. The van der Waals surface area contributed by atoms with Gasteiger partial charge in [-0.05, 0) is 55.8 Å². The number of pyridine rings is 1. The standard InChI is InChI=1S/C23H20ClN5OS/c1-15-8-9-20(16(2)11-15)26-21(30)14-31-23-28-27-22(17-5-4-10-25-13-17)29(23)19-7-3-6-18(24)12-19/h3-13H,14H2,1-2H3,(H,26,30). The van der Waals surface area contributed by atoms with E-state index < -0.39 is 0 Å². The number of hydrogen-bond acceptors (Lipinski definition) is 5. The van der Waals surface area contributed by atoms with Crippen LogP contribution in [0.25, 0.3) is 17.1 Å². The van der Waals surface area contributed by atoms with Crippen molar-refractivity contribution in [3.8, 4) is 17.1 Å². The Labute approximate surface area is 189 Å². The molecule has 2 heterocycles. The molecule has 0 aliphatic carbocycles. The molecule has 0 unspecified atom stereocenters. The first-order chi connectivity index (χ1) is 15.0. The van der Waals surface area contributed by atoms with Gasteiger partial charge in [0, 0.05) is 28.7 Å². The number of anilines is 1. The van der Waals surface area contributed by atoms with Crippen molar-refractivity contribution < 1.29 is 4.79 Å². The largest absolute Gasteiger partial charge is 0.325 e. The fourth-order valence-corrected chi connectivity index (χ4v) is 4.10. The summed E-state index contributed by atoms with van der Waals surface area (Å²) < 4.78 is 1.89. The summed E-state index contributed by atoms with van der Waals surface area (Å²) in [7, 11) is 0. The first-order valence-electron chi connectivity index (χ1n) is 9.63. The van der Waals surface area contributed by atoms with Crippen LogP contribution in [0.4, 0.5) is 5.69 Å². The van der Waals surface area contributed by atoms with E-state index in [4.69, 9.17) is 11.6 Å². The van der Waals surface area contributed by atoms with Crippen LogP contribution in [0.1, 0.15) is 11.1 Å². The number of benzene rings is 2. The molecule has 0 spiro atoms. The summed E-state index contributed by atoms with van der Waals surface area (Å²) in [5.41, 5.74) is 4.63. The molecule has 0 bridgehead atoms. The molecule has 0 aliphatic rings. The number of hydrogen-bond donors (Lipinski definition) is 1. The van der Waals surface area contributed by atoms with E-state index in [-0.39, 0.29) is 11.7 Å². The minimum absolute atomic E-state index is 0.111. The number of thioether (sulfide) groups is 1. The van der Waals surface area contributed by atoms with Crippen molar-refractivity contribution in [2.45, 2.75) is 19.0 Å². The van der Waals surface area contributed by atoms with Crippen molar-refractivity contribution in [3.63, 3.8) is 0 Å². The highest BCUT2D eigenvalue weighted by atomic mass is 35.5. The molecular formula is C23H20ClN5OS. The van der Waals surface area contributed by atoms with Crippen molar-refractivity contribution in [1.29, 1.82) is 0 Å². The minimum Gasteiger partial charge on any atom is -0.325 e. The molecule has 31 heavy (non-hydrogen) atoms. The normalized spacial score (nSPS) is 10.8. The van der Waals surface area contributed by atoms with Crippen LogP contribution in [0.5, 0.6) is 0 Å². The Hall–Kier alpha value is -3.16. The minimum atomic E-state index is -0.111. The van der Waals surface area contributed by atoms with Gasteiger partial charge in [0.1, 0.15) is 0 Å². The zero-order valence-electron chi connectivity index (χ0n) is 17.0. The summed E-state index contributed by atoms with van der Waals surface area (Å²) in [5.74, 6) is 0.715. The van der Waals surface area contributed by atoms with Crippen LogP contribution in [0.2, 0.25) is 5.02 Å². The Balaban J connectivity index is 1.59. The van der Waals surface area contributed by atoms with Gasteiger partial charge in [0.25, 0.3) is 0 Å². The van der Waals surface area contributed by atoms with Crippen molar-refractivity contribution >= 4 is 35.0 Å². The molecule has 0 saturated carbocycles. The van der Waals surface area contributed by atoms with Gasteiger partial charge in [-0.2, -0.15) is 0 Å². The summed E-state index contributed by atoms with van der Waals surface area (Å²) in [6.07, 6.45) is 3.43. The second-order valence-electron chi connectivity index (χ2n) is 7.02. The third-order valence-electron chi connectivity index (χ3n) is 4.61. The third kappa shape index (κ3) is 4.95. The molecule has 1 N–H and O–H groups in total. The highest BCUT2D eigenvalue weighted by Gasteiger charge is 2.18. The molecule has 2 aromatic heterocycles. The SMILES string of the molecule is Cc1ccc(NC(=O)CSc2nnc(-c3cccnc3)n2-c2cccc(Cl)c2)c(C)c1. The Morgan fingerprint density at radius 1 is 1.10 bits per heavy atom. The number of amides is 1. The van der Waals surface area contributed by atoms with Gasteiger partial charge < -0.3 is 5.32 Å². The molecule has 0 atom stereocenters. The van der Waals surface area contributed by atoms with Crippen molar-refractivity contribution in [2.75, 3.05) is 11.1 Å². The molecule has 0 radical (unpaired) electrons. The maximum atomic E-state index is 12.6.